The van der Waals surface area contributed by atoms with Gasteiger partial charge in [0.1, 0.15) is 5.76 Å². The Hall–Kier alpha value is -1.49. The van der Waals surface area contributed by atoms with Crippen molar-refractivity contribution in [3.05, 3.63) is 24.2 Å². The lowest BCUT2D eigenvalue weighted by Gasteiger charge is -2.24. The average molecular weight is 250 g/mol. The van der Waals surface area contributed by atoms with Crippen LogP contribution < -0.4 is 11.3 Å². The first-order valence-electron chi connectivity index (χ1n) is 6.65. The van der Waals surface area contributed by atoms with Crippen molar-refractivity contribution in [3.63, 3.8) is 0 Å². The molecule has 3 N–H and O–H groups in total. The van der Waals surface area contributed by atoms with Crippen molar-refractivity contribution in [2.45, 2.75) is 45.2 Å². The molecule has 0 unspecified atom stereocenters. The molecule has 1 saturated carbocycles. The average Bonchev–Trinajstić information content (AvgIpc) is 3.10. The Morgan fingerprint density at radius 3 is 3.00 bits per heavy atom. The van der Waals surface area contributed by atoms with Crippen LogP contribution in [0.25, 0.3) is 0 Å². The normalized spacial score (nSPS) is 15.8. The maximum atomic E-state index is 5.60. The summed E-state index contributed by atoms with van der Waals surface area (Å²) in [5.41, 5.74) is 2.73. The van der Waals surface area contributed by atoms with Crippen LogP contribution in [0.2, 0.25) is 0 Å². The molecular weight excluding hydrogens is 228 g/mol. The van der Waals surface area contributed by atoms with Gasteiger partial charge < -0.3 is 9.32 Å². The Bertz CT molecular complexity index is 370. The molecule has 1 fully saturated rings. The van der Waals surface area contributed by atoms with Crippen LogP contribution >= 0.6 is 0 Å². The fourth-order valence-electron chi connectivity index (χ4n) is 1.90. The second-order valence-corrected chi connectivity index (χ2v) is 4.64. The summed E-state index contributed by atoms with van der Waals surface area (Å²) in [6, 6.07) is 4.44. The highest BCUT2D eigenvalue weighted by atomic mass is 16.3. The number of nitrogens with one attached hydrogen (secondary N) is 1. The van der Waals surface area contributed by atoms with Gasteiger partial charge in [-0.2, -0.15) is 0 Å². The number of guanidine groups is 1. The van der Waals surface area contributed by atoms with E-state index in [0.29, 0.717) is 6.04 Å². The van der Waals surface area contributed by atoms with E-state index < -0.39 is 0 Å². The van der Waals surface area contributed by atoms with Crippen LogP contribution in [0, 0.1) is 0 Å². The SMILES string of the molecule is CCCCN=C(NN)N(Cc1ccco1)C1CC1. The van der Waals surface area contributed by atoms with E-state index in [9.17, 15) is 0 Å². The van der Waals surface area contributed by atoms with E-state index in [4.69, 9.17) is 10.3 Å². The number of rotatable bonds is 6. The van der Waals surface area contributed by atoms with Crippen molar-refractivity contribution in [2.75, 3.05) is 6.54 Å². The van der Waals surface area contributed by atoms with Crippen LogP contribution in [0.15, 0.2) is 27.8 Å². The van der Waals surface area contributed by atoms with Gasteiger partial charge in [-0.3, -0.25) is 10.4 Å². The molecule has 0 aliphatic heterocycles. The largest absolute Gasteiger partial charge is 0.467 e. The molecule has 0 radical (unpaired) electrons. The Balaban J connectivity index is 2.00. The van der Waals surface area contributed by atoms with Gasteiger partial charge in [0.15, 0.2) is 0 Å². The minimum atomic E-state index is 0.548. The maximum absolute atomic E-state index is 5.60. The van der Waals surface area contributed by atoms with Gasteiger partial charge in [-0.05, 0) is 31.4 Å². The lowest BCUT2D eigenvalue weighted by molar-refractivity contribution is 0.342. The molecule has 100 valence electrons. The molecule has 0 bridgehead atoms. The molecule has 0 amide bonds. The quantitative estimate of drug-likeness (QED) is 0.266. The smallest absolute Gasteiger partial charge is 0.209 e. The number of nitrogens with two attached hydrogens (primary N) is 1. The molecule has 1 aliphatic rings. The summed E-state index contributed by atoms with van der Waals surface area (Å²) in [7, 11) is 0. The van der Waals surface area contributed by atoms with Crippen molar-refractivity contribution >= 4 is 5.96 Å². The molecule has 1 aromatic heterocycles. The zero-order chi connectivity index (χ0) is 12.8. The first-order chi connectivity index (χ1) is 8.85. The lowest BCUT2D eigenvalue weighted by Crippen LogP contribution is -2.45. The van der Waals surface area contributed by atoms with E-state index in [2.05, 4.69) is 22.2 Å². The molecule has 5 nitrogen and oxygen atoms in total. The highest BCUT2D eigenvalue weighted by Gasteiger charge is 2.31. The zero-order valence-corrected chi connectivity index (χ0v) is 10.9. The topological polar surface area (TPSA) is 66.8 Å². The van der Waals surface area contributed by atoms with Crippen LogP contribution in [0.1, 0.15) is 38.4 Å². The summed E-state index contributed by atoms with van der Waals surface area (Å²) in [5, 5.41) is 0. The van der Waals surface area contributed by atoms with Crippen molar-refractivity contribution in [3.8, 4) is 0 Å². The Morgan fingerprint density at radius 2 is 2.44 bits per heavy atom. The molecule has 0 aromatic carbocycles. The van der Waals surface area contributed by atoms with Crippen LogP contribution in [0.5, 0.6) is 0 Å². The van der Waals surface area contributed by atoms with Gasteiger partial charge in [-0.25, -0.2) is 5.84 Å². The van der Waals surface area contributed by atoms with E-state index in [1.165, 1.54) is 12.8 Å². The summed E-state index contributed by atoms with van der Waals surface area (Å²) in [5.74, 6) is 7.32. The number of hydrogen-bond donors (Lipinski definition) is 2. The van der Waals surface area contributed by atoms with Gasteiger partial charge >= 0.3 is 0 Å². The van der Waals surface area contributed by atoms with Crippen molar-refractivity contribution in [1.82, 2.24) is 10.3 Å². The number of furan rings is 1. The summed E-state index contributed by atoms with van der Waals surface area (Å²) < 4.78 is 5.40. The first kappa shape index (κ1) is 13.0. The van der Waals surface area contributed by atoms with Crippen molar-refractivity contribution < 1.29 is 4.42 Å². The van der Waals surface area contributed by atoms with Gasteiger partial charge in [0, 0.05) is 12.6 Å². The summed E-state index contributed by atoms with van der Waals surface area (Å²) in [6.07, 6.45) is 6.34. The maximum Gasteiger partial charge on any atom is 0.209 e. The van der Waals surface area contributed by atoms with Gasteiger partial charge in [0.2, 0.25) is 5.96 Å². The summed E-state index contributed by atoms with van der Waals surface area (Å²) in [4.78, 5) is 6.74. The molecule has 1 aromatic rings. The molecule has 0 spiro atoms. The second-order valence-electron chi connectivity index (χ2n) is 4.64. The van der Waals surface area contributed by atoms with Gasteiger partial charge in [0.25, 0.3) is 0 Å². The van der Waals surface area contributed by atoms with E-state index in [0.717, 1.165) is 37.7 Å². The van der Waals surface area contributed by atoms with Crippen LogP contribution in [-0.2, 0) is 6.54 Å². The predicted octanol–water partition coefficient (Wildman–Crippen LogP) is 1.86. The molecular formula is C13H22N4O. The predicted molar refractivity (Wildman–Crippen MR) is 71.8 cm³/mol. The summed E-state index contributed by atoms with van der Waals surface area (Å²) >= 11 is 0. The van der Waals surface area contributed by atoms with E-state index in [1.54, 1.807) is 6.26 Å². The number of unbranched alkanes of at least 4 members (excludes halogenated alkanes) is 1. The van der Waals surface area contributed by atoms with Crippen LogP contribution in [0.3, 0.4) is 0 Å². The minimum absolute atomic E-state index is 0.548. The third kappa shape index (κ3) is 3.50. The highest BCUT2D eigenvalue weighted by Crippen LogP contribution is 2.28. The highest BCUT2D eigenvalue weighted by molar-refractivity contribution is 5.80. The third-order valence-corrected chi connectivity index (χ3v) is 3.07. The van der Waals surface area contributed by atoms with Gasteiger partial charge in [0.05, 0.1) is 12.8 Å². The molecule has 0 saturated heterocycles. The third-order valence-electron chi connectivity index (χ3n) is 3.07. The fourth-order valence-corrected chi connectivity index (χ4v) is 1.90. The van der Waals surface area contributed by atoms with Crippen molar-refractivity contribution in [2.24, 2.45) is 10.8 Å². The molecule has 18 heavy (non-hydrogen) atoms. The zero-order valence-electron chi connectivity index (χ0n) is 10.9. The van der Waals surface area contributed by atoms with Crippen molar-refractivity contribution in [1.29, 1.82) is 0 Å². The van der Waals surface area contributed by atoms with Crippen LogP contribution in [0.4, 0.5) is 0 Å². The molecule has 1 heterocycles. The molecule has 1 aliphatic carbocycles. The van der Waals surface area contributed by atoms with E-state index in [1.807, 2.05) is 12.1 Å². The number of hydrazine groups is 1. The van der Waals surface area contributed by atoms with Gasteiger partial charge in [-0.15, -0.1) is 0 Å². The Morgan fingerprint density at radius 1 is 1.61 bits per heavy atom. The van der Waals surface area contributed by atoms with Crippen LogP contribution in [-0.4, -0.2) is 23.4 Å². The Kier molecular flexibility index (Phi) is 4.64. The first-order valence-corrected chi connectivity index (χ1v) is 6.65. The monoisotopic (exact) mass is 250 g/mol. The lowest BCUT2D eigenvalue weighted by atomic mass is 10.3. The second kappa shape index (κ2) is 6.44. The van der Waals surface area contributed by atoms with E-state index in [-0.39, 0.29) is 0 Å². The standard InChI is InChI=1S/C13H22N4O/c1-2-3-8-15-13(16-14)17(11-6-7-11)10-12-5-4-9-18-12/h4-5,9,11H,2-3,6-8,10,14H2,1H3,(H,15,16). The number of aliphatic imine (C=N–C) groups is 1. The minimum Gasteiger partial charge on any atom is -0.467 e. The summed E-state index contributed by atoms with van der Waals surface area (Å²) in [6.45, 7) is 3.71. The molecule has 0 atom stereocenters. The Labute approximate surface area is 108 Å². The molecule has 2 rings (SSSR count). The fraction of sp³-hybridized carbons (Fsp3) is 0.615. The van der Waals surface area contributed by atoms with Gasteiger partial charge in [-0.1, -0.05) is 13.3 Å². The van der Waals surface area contributed by atoms with E-state index >= 15 is 0 Å². The number of nitrogens with zero attached hydrogens (tertiary/aromatic N) is 2. The molecule has 5 heteroatoms. The number of hydrogen-bond acceptors (Lipinski definition) is 3.